The van der Waals surface area contributed by atoms with Gasteiger partial charge in [-0.1, -0.05) is 30.3 Å². The van der Waals surface area contributed by atoms with Crippen LogP contribution >= 0.6 is 0 Å². The third kappa shape index (κ3) is 4.69. The zero-order chi connectivity index (χ0) is 21.6. The molecule has 0 aliphatic carbocycles. The van der Waals surface area contributed by atoms with Crippen molar-refractivity contribution in [3.8, 4) is 28.4 Å². The molecule has 3 aromatic rings. The molecule has 2 heterocycles. The van der Waals surface area contributed by atoms with E-state index in [1.165, 1.54) is 6.08 Å². The lowest BCUT2D eigenvalue weighted by Gasteiger charge is -2.13. The van der Waals surface area contributed by atoms with E-state index in [4.69, 9.17) is 14.2 Å². The first kappa shape index (κ1) is 20.5. The lowest BCUT2D eigenvalue weighted by molar-refractivity contribution is -0.116. The van der Waals surface area contributed by atoms with E-state index in [-0.39, 0.29) is 12.0 Å². The van der Waals surface area contributed by atoms with Gasteiger partial charge in [-0.3, -0.25) is 9.78 Å². The maximum absolute atomic E-state index is 12.3. The largest absolute Gasteiger partial charge is 0.493 e. The monoisotopic (exact) mass is 416 g/mol. The van der Waals surface area contributed by atoms with Gasteiger partial charge in [-0.2, -0.15) is 0 Å². The van der Waals surface area contributed by atoms with Crippen LogP contribution in [0.5, 0.6) is 17.2 Å². The van der Waals surface area contributed by atoms with E-state index in [1.54, 1.807) is 32.6 Å². The summed E-state index contributed by atoms with van der Waals surface area (Å²) in [4.78, 5) is 16.5. The maximum atomic E-state index is 12.3. The molecule has 0 spiro atoms. The number of methoxy groups -OCH3 is 2. The summed E-state index contributed by atoms with van der Waals surface area (Å²) in [5.74, 6) is 1.96. The Morgan fingerprint density at radius 3 is 2.81 bits per heavy atom. The number of ether oxygens (including phenoxy) is 3. The second-order valence-electron chi connectivity index (χ2n) is 7.17. The number of nitrogens with zero attached hydrogens (tertiary/aromatic N) is 1. The third-order valence-corrected chi connectivity index (χ3v) is 5.14. The van der Waals surface area contributed by atoms with Crippen molar-refractivity contribution in [2.24, 2.45) is 0 Å². The average molecular weight is 416 g/mol. The molecule has 2 aromatic carbocycles. The smallest absolute Gasteiger partial charge is 0.244 e. The van der Waals surface area contributed by atoms with Crippen LogP contribution in [0.4, 0.5) is 0 Å². The van der Waals surface area contributed by atoms with Crippen LogP contribution in [0.15, 0.2) is 67.0 Å². The Labute approximate surface area is 181 Å². The Morgan fingerprint density at radius 2 is 2.03 bits per heavy atom. The highest BCUT2D eigenvalue weighted by atomic mass is 16.5. The van der Waals surface area contributed by atoms with Crippen molar-refractivity contribution in [1.82, 2.24) is 10.3 Å². The third-order valence-electron chi connectivity index (χ3n) is 5.14. The van der Waals surface area contributed by atoms with E-state index in [9.17, 15) is 4.79 Å². The molecule has 0 saturated carbocycles. The molecule has 1 atom stereocenters. The van der Waals surface area contributed by atoms with Crippen molar-refractivity contribution in [1.29, 1.82) is 0 Å². The Bertz CT molecular complexity index is 1100. The zero-order valence-electron chi connectivity index (χ0n) is 17.5. The molecule has 0 bridgehead atoms. The van der Waals surface area contributed by atoms with E-state index in [1.807, 2.05) is 42.6 Å². The molecule has 1 N–H and O–H groups in total. The fourth-order valence-corrected chi connectivity index (χ4v) is 3.60. The number of hydrogen-bond acceptors (Lipinski definition) is 5. The van der Waals surface area contributed by atoms with Crippen LogP contribution in [0.1, 0.15) is 11.1 Å². The van der Waals surface area contributed by atoms with Gasteiger partial charge in [0.2, 0.25) is 5.91 Å². The van der Waals surface area contributed by atoms with Gasteiger partial charge >= 0.3 is 0 Å². The molecule has 6 nitrogen and oxygen atoms in total. The normalized spacial score (nSPS) is 14.7. The van der Waals surface area contributed by atoms with Crippen LogP contribution in [0, 0.1) is 0 Å². The molecule has 1 aliphatic rings. The number of benzene rings is 2. The molecule has 1 aliphatic heterocycles. The van der Waals surface area contributed by atoms with Crippen LogP contribution in [0.25, 0.3) is 17.2 Å². The van der Waals surface area contributed by atoms with Crippen LogP contribution in [-0.2, 0) is 11.2 Å². The highest BCUT2D eigenvalue weighted by Crippen LogP contribution is 2.38. The molecule has 0 radical (unpaired) electrons. The van der Waals surface area contributed by atoms with Gasteiger partial charge in [-0.15, -0.1) is 0 Å². The van der Waals surface area contributed by atoms with E-state index in [2.05, 4.69) is 16.4 Å². The van der Waals surface area contributed by atoms with Gasteiger partial charge in [0.15, 0.2) is 11.5 Å². The molecule has 31 heavy (non-hydrogen) atoms. The van der Waals surface area contributed by atoms with E-state index in [0.29, 0.717) is 18.0 Å². The first-order chi connectivity index (χ1) is 15.2. The maximum Gasteiger partial charge on any atom is 0.244 e. The number of pyridine rings is 1. The van der Waals surface area contributed by atoms with E-state index in [0.717, 1.165) is 34.4 Å². The van der Waals surface area contributed by atoms with E-state index < -0.39 is 0 Å². The summed E-state index contributed by atoms with van der Waals surface area (Å²) in [6.45, 7) is 0.427. The molecule has 1 aromatic heterocycles. The SMILES string of the molecule is COc1ccc(C=CC(=O)NCC2Cc3cccc(-c4cccnc4)c3O2)cc1OC. The van der Waals surface area contributed by atoms with Gasteiger partial charge < -0.3 is 19.5 Å². The summed E-state index contributed by atoms with van der Waals surface area (Å²) in [5.41, 5.74) is 4.02. The number of para-hydroxylation sites is 1. The summed E-state index contributed by atoms with van der Waals surface area (Å²) in [6.07, 6.45) is 7.47. The van der Waals surface area contributed by atoms with Crippen LogP contribution in [-0.4, -0.2) is 37.8 Å². The van der Waals surface area contributed by atoms with Crippen molar-refractivity contribution in [3.63, 3.8) is 0 Å². The minimum atomic E-state index is -0.179. The summed E-state index contributed by atoms with van der Waals surface area (Å²) >= 11 is 0. The Morgan fingerprint density at radius 1 is 1.16 bits per heavy atom. The quantitative estimate of drug-likeness (QED) is 0.592. The number of amides is 1. The van der Waals surface area contributed by atoms with Gasteiger partial charge in [0.25, 0.3) is 0 Å². The Hall–Kier alpha value is -3.80. The van der Waals surface area contributed by atoms with Crippen molar-refractivity contribution in [2.45, 2.75) is 12.5 Å². The van der Waals surface area contributed by atoms with Crippen LogP contribution < -0.4 is 19.5 Å². The zero-order valence-corrected chi connectivity index (χ0v) is 17.5. The summed E-state index contributed by atoms with van der Waals surface area (Å²) in [5, 5.41) is 2.92. The molecular formula is C25H24N2O4. The highest BCUT2D eigenvalue weighted by Gasteiger charge is 2.25. The van der Waals surface area contributed by atoms with Crippen LogP contribution in [0.3, 0.4) is 0 Å². The predicted octanol–water partition coefficient (Wildman–Crippen LogP) is 3.90. The number of carbonyl (C=O) groups excluding carboxylic acids is 1. The van der Waals surface area contributed by atoms with Gasteiger partial charge in [-0.05, 0) is 35.4 Å². The standard InChI is InChI=1S/C25H24N2O4/c1-29-22-10-8-17(13-23(22)30-2)9-11-24(28)27-16-20-14-18-5-3-7-21(25(18)31-20)19-6-4-12-26-15-19/h3-13,15,20H,14,16H2,1-2H3,(H,27,28). The topological polar surface area (TPSA) is 69.7 Å². The lowest BCUT2D eigenvalue weighted by atomic mass is 10.0. The average Bonchev–Trinajstić information content (AvgIpc) is 3.25. The molecule has 0 fully saturated rings. The molecule has 6 heteroatoms. The minimum absolute atomic E-state index is 0.105. The van der Waals surface area contributed by atoms with Gasteiger partial charge in [0.05, 0.1) is 20.8 Å². The number of rotatable bonds is 7. The van der Waals surface area contributed by atoms with Gasteiger partial charge in [0, 0.05) is 36.0 Å². The Balaban J connectivity index is 1.36. The van der Waals surface area contributed by atoms with Crippen molar-refractivity contribution in [3.05, 3.63) is 78.1 Å². The number of carbonyl (C=O) groups is 1. The first-order valence-electron chi connectivity index (χ1n) is 10.0. The summed E-state index contributed by atoms with van der Waals surface area (Å²) < 4.78 is 16.7. The number of aromatic nitrogens is 1. The minimum Gasteiger partial charge on any atom is -0.493 e. The summed E-state index contributed by atoms with van der Waals surface area (Å²) in [6, 6.07) is 15.5. The van der Waals surface area contributed by atoms with Gasteiger partial charge in [0.1, 0.15) is 11.9 Å². The van der Waals surface area contributed by atoms with Gasteiger partial charge in [-0.25, -0.2) is 0 Å². The number of fused-ring (bicyclic) bond motifs is 1. The Kier molecular flexibility index (Phi) is 6.17. The summed E-state index contributed by atoms with van der Waals surface area (Å²) in [7, 11) is 3.17. The van der Waals surface area contributed by atoms with Crippen molar-refractivity contribution >= 4 is 12.0 Å². The second kappa shape index (κ2) is 9.34. The highest BCUT2D eigenvalue weighted by molar-refractivity contribution is 5.91. The molecule has 0 saturated heterocycles. The molecule has 158 valence electrons. The number of hydrogen-bond donors (Lipinski definition) is 1. The number of nitrogens with one attached hydrogen (secondary N) is 1. The van der Waals surface area contributed by atoms with Crippen molar-refractivity contribution < 1.29 is 19.0 Å². The lowest BCUT2D eigenvalue weighted by Crippen LogP contribution is -2.33. The second-order valence-corrected chi connectivity index (χ2v) is 7.17. The molecule has 1 unspecified atom stereocenters. The molecular weight excluding hydrogens is 392 g/mol. The first-order valence-corrected chi connectivity index (χ1v) is 10.0. The van der Waals surface area contributed by atoms with Crippen molar-refractivity contribution in [2.75, 3.05) is 20.8 Å². The van der Waals surface area contributed by atoms with E-state index >= 15 is 0 Å². The van der Waals surface area contributed by atoms with Crippen LogP contribution in [0.2, 0.25) is 0 Å². The fraction of sp³-hybridized carbons (Fsp3) is 0.200. The fourth-order valence-electron chi connectivity index (χ4n) is 3.60. The molecule has 4 rings (SSSR count). The molecule has 1 amide bonds. The predicted molar refractivity (Wildman–Crippen MR) is 119 cm³/mol.